The Labute approximate surface area is 176 Å². The number of hydrogen-bond donors (Lipinski definition) is 0. The Balaban J connectivity index is 2.16. The molecule has 0 fully saturated rings. The molecule has 7 heteroatoms. The molecule has 0 bridgehead atoms. The van der Waals surface area contributed by atoms with Crippen LogP contribution in [0.4, 0.5) is 0 Å². The first-order chi connectivity index (χ1) is 14.4. The molecule has 0 aliphatic carbocycles. The fourth-order valence-corrected chi connectivity index (χ4v) is 3.52. The Hall–Kier alpha value is -3.19. The monoisotopic (exact) mass is 412 g/mol. The lowest BCUT2D eigenvalue weighted by atomic mass is 10.1. The van der Waals surface area contributed by atoms with E-state index >= 15 is 0 Å². The van der Waals surface area contributed by atoms with Gasteiger partial charge in [0.15, 0.2) is 11.5 Å². The van der Waals surface area contributed by atoms with Gasteiger partial charge in [0.2, 0.25) is 5.75 Å². The van der Waals surface area contributed by atoms with E-state index in [1.807, 2.05) is 38.5 Å². The summed E-state index contributed by atoms with van der Waals surface area (Å²) in [6, 6.07) is 9.12. The lowest BCUT2D eigenvalue weighted by Gasteiger charge is -2.15. The third-order valence-corrected chi connectivity index (χ3v) is 5.08. The van der Waals surface area contributed by atoms with Crippen molar-refractivity contribution in [2.45, 2.75) is 6.42 Å². The van der Waals surface area contributed by atoms with Gasteiger partial charge in [0.05, 0.1) is 39.5 Å². The van der Waals surface area contributed by atoms with Crippen molar-refractivity contribution in [1.29, 1.82) is 0 Å². The number of fused-ring (bicyclic) bond motifs is 1. The summed E-state index contributed by atoms with van der Waals surface area (Å²) in [7, 11) is 10.3. The average molecular weight is 412 g/mol. The van der Waals surface area contributed by atoms with Gasteiger partial charge in [0, 0.05) is 18.1 Å². The van der Waals surface area contributed by atoms with Gasteiger partial charge in [-0.05, 0) is 56.4 Å². The smallest absolute Gasteiger partial charge is 0.266 e. The second-order valence-electron chi connectivity index (χ2n) is 7.15. The highest BCUT2D eigenvalue weighted by molar-refractivity contribution is 6.05. The number of nitrogens with zero attached hydrogens (tertiary/aromatic N) is 2. The molecule has 0 radical (unpaired) electrons. The second-order valence-corrected chi connectivity index (χ2v) is 7.15. The number of carbonyl (C=O) groups is 1. The van der Waals surface area contributed by atoms with Crippen molar-refractivity contribution in [2.24, 2.45) is 0 Å². The minimum atomic E-state index is -0.209. The van der Waals surface area contributed by atoms with Crippen molar-refractivity contribution in [3.8, 4) is 23.0 Å². The first-order valence-electron chi connectivity index (χ1n) is 9.61. The van der Waals surface area contributed by atoms with Crippen LogP contribution in [0.3, 0.4) is 0 Å². The highest BCUT2D eigenvalue weighted by Gasteiger charge is 2.23. The standard InChI is InChI=1S/C23H28N2O5/c1-24(2)12-11-15-14-25(19-9-7-16(27-3)13-18(15)19)23(26)17-8-10-20(28-4)22(30-6)21(17)29-5/h7-10,13-14H,11-12H2,1-6H3. The van der Waals surface area contributed by atoms with Crippen molar-refractivity contribution in [1.82, 2.24) is 9.47 Å². The van der Waals surface area contributed by atoms with Crippen LogP contribution in [0.1, 0.15) is 15.9 Å². The third-order valence-electron chi connectivity index (χ3n) is 5.08. The zero-order valence-corrected chi connectivity index (χ0v) is 18.3. The summed E-state index contributed by atoms with van der Waals surface area (Å²) in [4.78, 5) is 15.7. The largest absolute Gasteiger partial charge is 0.497 e. The first kappa shape index (κ1) is 21.5. The number of rotatable bonds is 8. The van der Waals surface area contributed by atoms with E-state index in [2.05, 4.69) is 4.90 Å². The molecule has 7 nitrogen and oxygen atoms in total. The molecule has 0 unspecified atom stereocenters. The van der Waals surface area contributed by atoms with Crippen LogP contribution in [0.25, 0.3) is 10.9 Å². The van der Waals surface area contributed by atoms with Gasteiger partial charge in [-0.15, -0.1) is 0 Å². The maximum Gasteiger partial charge on any atom is 0.266 e. The fraction of sp³-hybridized carbons (Fsp3) is 0.348. The molecule has 1 aromatic heterocycles. The minimum Gasteiger partial charge on any atom is -0.497 e. The second kappa shape index (κ2) is 9.09. The maximum atomic E-state index is 13.6. The molecule has 0 saturated heterocycles. The van der Waals surface area contributed by atoms with Crippen LogP contribution in [0.15, 0.2) is 36.5 Å². The molecule has 1 heterocycles. The SMILES string of the molecule is COc1ccc2c(c1)c(CCN(C)C)cn2C(=O)c1ccc(OC)c(OC)c1OC. The van der Waals surface area contributed by atoms with Gasteiger partial charge in [-0.2, -0.15) is 0 Å². The number of benzene rings is 2. The van der Waals surface area contributed by atoms with Gasteiger partial charge < -0.3 is 23.8 Å². The predicted octanol–water partition coefficient (Wildman–Crippen LogP) is 3.47. The average Bonchev–Trinajstić information content (AvgIpc) is 3.13. The highest BCUT2D eigenvalue weighted by atomic mass is 16.5. The number of ether oxygens (including phenoxy) is 4. The van der Waals surface area contributed by atoms with Crippen LogP contribution in [-0.2, 0) is 6.42 Å². The van der Waals surface area contributed by atoms with E-state index in [0.717, 1.165) is 35.2 Å². The Morgan fingerprint density at radius 1 is 0.933 bits per heavy atom. The number of likely N-dealkylation sites (N-methyl/N-ethyl adjacent to an activating group) is 1. The van der Waals surface area contributed by atoms with E-state index in [0.29, 0.717) is 22.8 Å². The summed E-state index contributed by atoms with van der Waals surface area (Å²) in [6.45, 7) is 0.865. The quantitative estimate of drug-likeness (QED) is 0.565. The first-order valence-corrected chi connectivity index (χ1v) is 9.61. The highest BCUT2D eigenvalue weighted by Crippen LogP contribution is 2.40. The summed E-state index contributed by atoms with van der Waals surface area (Å²) in [6.07, 6.45) is 2.70. The Morgan fingerprint density at radius 2 is 1.67 bits per heavy atom. The van der Waals surface area contributed by atoms with Gasteiger partial charge in [-0.25, -0.2) is 0 Å². The van der Waals surface area contributed by atoms with E-state index in [-0.39, 0.29) is 5.91 Å². The topological polar surface area (TPSA) is 62.2 Å². The van der Waals surface area contributed by atoms with E-state index in [1.54, 1.807) is 30.9 Å². The molecule has 3 rings (SSSR count). The molecule has 30 heavy (non-hydrogen) atoms. The lowest BCUT2D eigenvalue weighted by Crippen LogP contribution is -2.15. The fourth-order valence-electron chi connectivity index (χ4n) is 3.52. The van der Waals surface area contributed by atoms with Crippen molar-refractivity contribution in [3.63, 3.8) is 0 Å². The van der Waals surface area contributed by atoms with Gasteiger partial charge in [0.1, 0.15) is 5.75 Å². The van der Waals surface area contributed by atoms with Crippen molar-refractivity contribution < 1.29 is 23.7 Å². The number of carbonyl (C=O) groups excluding carboxylic acids is 1. The molecule has 0 amide bonds. The Kier molecular flexibility index (Phi) is 6.52. The van der Waals surface area contributed by atoms with Crippen molar-refractivity contribution in [3.05, 3.63) is 47.7 Å². The molecule has 0 aliphatic heterocycles. The van der Waals surface area contributed by atoms with Crippen molar-refractivity contribution in [2.75, 3.05) is 49.1 Å². The van der Waals surface area contributed by atoms with Crippen LogP contribution in [0, 0.1) is 0 Å². The van der Waals surface area contributed by atoms with Crippen LogP contribution < -0.4 is 18.9 Å². The molecule has 0 saturated carbocycles. The van der Waals surface area contributed by atoms with E-state index in [9.17, 15) is 4.79 Å². The zero-order chi connectivity index (χ0) is 21.8. The van der Waals surface area contributed by atoms with Crippen molar-refractivity contribution >= 4 is 16.8 Å². The van der Waals surface area contributed by atoms with E-state index in [4.69, 9.17) is 18.9 Å². The van der Waals surface area contributed by atoms with Gasteiger partial charge in [-0.3, -0.25) is 9.36 Å². The Morgan fingerprint density at radius 3 is 2.27 bits per heavy atom. The van der Waals surface area contributed by atoms with E-state index < -0.39 is 0 Å². The molecule has 0 atom stereocenters. The van der Waals surface area contributed by atoms with Crippen LogP contribution >= 0.6 is 0 Å². The van der Waals surface area contributed by atoms with Crippen LogP contribution in [0.2, 0.25) is 0 Å². The molecule has 0 aliphatic rings. The van der Waals surface area contributed by atoms with E-state index in [1.165, 1.54) is 14.2 Å². The molecule has 3 aromatic rings. The molecule has 160 valence electrons. The molecule has 0 N–H and O–H groups in total. The normalized spacial score (nSPS) is 11.0. The summed E-state index contributed by atoms with van der Waals surface area (Å²) >= 11 is 0. The van der Waals surface area contributed by atoms with Gasteiger partial charge >= 0.3 is 0 Å². The van der Waals surface area contributed by atoms with Crippen LogP contribution in [-0.4, -0.2) is 64.5 Å². The summed E-state index contributed by atoms with van der Waals surface area (Å²) < 4.78 is 23.3. The van der Waals surface area contributed by atoms with Crippen LogP contribution in [0.5, 0.6) is 23.0 Å². The number of methoxy groups -OCH3 is 4. The third kappa shape index (κ3) is 3.93. The molecule has 2 aromatic carbocycles. The minimum absolute atomic E-state index is 0.209. The number of hydrogen-bond acceptors (Lipinski definition) is 6. The summed E-state index contributed by atoms with van der Waals surface area (Å²) in [5.41, 5.74) is 2.28. The lowest BCUT2D eigenvalue weighted by molar-refractivity contribution is 0.0961. The summed E-state index contributed by atoms with van der Waals surface area (Å²) in [5, 5.41) is 0.990. The molecule has 0 spiro atoms. The zero-order valence-electron chi connectivity index (χ0n) is 18.3. The van der Waals surface area contributed by atoms with Gasteiger partial charge in [0.25, 0.3) is 5.91 Å². The molecular formula is C23H28N2O5. The number of aromatic nitrogens is 1. The maximum absolute atomic E-state index is 13.6. The summed E-state index contributed by atoms with van der Waals surface area (Å²) in [5.74, 6) is 1.77. The van der Waals surface area contributed by atoms with Gasteiger partial charge in [-0.1, -0.05) is 0 Å². The molecular weight excluding hydrogens is 384 g/mol. The predicted molar refractivity (Wildman–Crippen MR) is 117 cm³/mol. The Bertz CT molecular complexity index is 1060.